The van der Waals surface area contributed by atoms with Crippen molar-refractivity contribution in [3.63, 3.8) is 0 Å². The number of hydrogen-bond donors (Lipinski definition) is 1. The molecule has 0 rings (SSSR count). The predicted molar refractivity (Wildman–Crippen MR) is 77.4 cm³/mol. The number of thioether (sulfide) groups is 1. The second kappa shape index (κ2) is 9.32. The normalized spacial score (nSPS) is 15.8. The quantitative estimate of drug-likeness (QED) is 0.630. The SMILES string of the molecule is CSCC(C)N(C)C(C)CNCCC(C)C. The Morgan fingerprint density at radius 1 is 1.12 bits per heavy atom. The standard InChI is InChI=1S/C13H30N2S/c1-11(2)7-8-14-9-12(3)15(5)13(4)10-16-6/h11-14H,7-10H2,1-6H3. The fraction of sp³-hybridized carbons (Fsp3) is 1.00. The molecular formula is C13H30N2S. The maximum atomic E-state index is 3.55. The zero-order valence-corrected chi connectivity index (χ0v) is 12.7. The summed E-state index contributed by atoms with van der Waals surface area (Å²) in [5, 5.41) is 3.55. The molecule has 2 unspecified atom stereocenters. The van der Waals surface area contributed by atoms with Crippen molar-refractivity contribution in [3.05, 3.63) is 0 Å². The van der Waals surface area contributed by atoms with E-state index in [9.17, 15) is 0 Å². The number of nitrogens with one attached hydrogen (secondary N) is 1. The molecule has 2 nitrogen and oxygen atoms in total. The highest BCUT2D eigenvalue weighted by molar-refractivity contribution is 7.98. The lowest BCUT2D eigenvalue weighted by Gasteiger charge is -2.30. The van der Waals surface area contributed by atoms with Gasteiger partial charge in [0.15, 0.2) is 0 Å². The van der Waals surface area contributed by atoms with Crippen LogP contribution in [0.2, 0.25) is 0 Å². The average molecular weight is 246 g/mol. The highest BCUT2D eigenvalue weighted by Crippen LogP contribution is 2.07. The average Bonchev–Trinajstić information content (AvgIpc) is 2.23. The van der Waals surface area contributed by atoms with Gasteiger partial charge in [0.25, 0.3) is 0 Å². The van der Waals surface area contributed by atoms with Crippen LogP contribution < -0.4 is 5.32 Å². The van der Waals surface area contributed by atoms with Crippen LogP contribution in [0.5, 0.6) is 0 Å². The maximum Gasteiger partial charge on any atom is 0.0192 e. The highest BCUT2D eigenvalue weighted by atomic mass is 32.2. The molecule has 1 N–H and O–H groups in total. The van der Waals surface area contributed by atoms with Crippen molar-refractivity contribution in [1.82, 2.24) is 10.2 Å². The first-order valence-corrected chi connectivity index (χ1v) is 7.80. The van der Waals surface area contributed by atoms with E-state index in [4.69, 9.17) is 0 Å². The van der Waals surface area contributed by atoms with E-state index in [1.807, 2.05) is 11.8 Å². The van der Waals surface area contributed by atoms with Crippen LogP contribution in [-0.4, -0.2) is 49.1 Å². The lowest BCUT2D eigenvalue weighted by molar-refractivity contribution is 0.206. The Bertz CT molecular complexity index is 162. The summed E-state index contributed by atoms with van der Waals surface area (Å²) < 4.78 is 0. The molecule has 0 heterocycles. The molecule has 0 amide bonds. The highest BCUT2D eigenvalue weighted by Gasteiger charge is 2.14. The number of hydrogen-bond acceptors (Lipinski definition) is 3. The Labute approximate surface area is 107 Å². The minimum Gasteiger partial charge on any atom is -0.315 e. The Kier molecular flexibility index (Phi) is 9.47. The van der Waals surface area contributed by atoms with Crippen LogP contribution in [0.15, 0.2) is 0 Å². The van der Waals surface area contributed by atoms with Crippen LogP contribution >= 0.6 is 11.8 Å². The lowest BCUT2D eigenvalue weighted by atomic mass is 10.1. The Hall–Kier alpha value is 0.270. The molecule has 0 aliphatic carbocycles. The van der Waals surface area contributed by atoms with Gasteiger partial charge in [-0.15, -0.1) is 0 Å². The zero-order valence-electron chi connectivity index (χ0n) is 11.9. The van der Waals surface area contributed by atoms with Crippen molar-refractivity contribution in [2.75, 3.05) is 32.1 Å². The monoisotopic (exact) mass is 246 g/mol. The van der Waals surface area contributed by atoms with E-state index in [-0.39, 0.29) is 0 Å². The van der Waals surface area contributed by atoms with Gasteiger partial charge in [0.05, 0.1) is 0 Å². The van der Waals surface area contributed by atoms with E-state index < -0.39 is 0 Å². The van der Waals surface area contributed by atoms with Crippen molar-refractivity contribution in [3.8, 4) is 0 Å². The van der Waals surface area contributed by atoms with Crippen LogP contribution in [0.1, 0.15) is 34.1 Å². The molecule has 16 heavy (non-hydrogen) atoms. The molecule has 0 saturated carbocycles. The molecule has 3 heteroatoms. The smallest absolute Gasteiger partial charge is 0.0192 e. The third kappa shape index (κ3) is 7.53. The Morgan fingerprint density at radius 2 is 1.75 bits per heavy atom. The Morgan fingerprint density at radius 3 is 2.25 bits per heavy atom. The van der Waals surface area contributed by atoms with Crippen LogP contribution in [0.3, 0.4) is 0 Å². The lowest BCUT2D eigenvalue weighted by Crippen LogP contribution is -2.43. The number of rotatable bonds is 9. The number of likely N-dealkylation sites (N-methyl/N-ethyl adjacent to an activating group) is 1. The zero-order chi connectivity index (χ0) is 12.6. The summed E-state index contributed by atoms with van der Waals surface area (Å²) in [4.78, 5) is 2.47. The molecule has 0 radical (unpaired) electrons. The van der Waals surface area contributed by atoms with Gasteiger partial charge < -0.3 is 5.32 Å². The minimum absolute atomic E-state index is 0.620. The van der Waals surface area contributed by atoms with Gasteiger partial charge in [-0.25, -0.2) is 0 Å². The number of nitrogens with zero attached hydrogens (tertiary/aromatic N) is 1. The molecule has 0 aromatic heterocycles. The molecule has 0 saturated heterocycles. The molecule has 0 aromatic carbocycles. The van der Waals surface area contributed by atoms with Gasteiger partial charge in [0, 0.05) is 24.4 Å². The van der Waals surface area contributed by atoms with Crippen LogP contribution in [0.4, 0.5) is 0 Å². The topological polar surface area (TPSA) is 15.3 Å². The molecule has 0 fully saturated rings. The summed E-state index contributed by atoms with van der Waals surface area (Å²) in [6.07, 6.45) is 3.45. The third-order valence-corrected chi connectivity index (χ3v) is 3.95. The minimum atomic E-state index is 0.620. The fourth-order valence-electron chi connectivity index (χ4n) is 1.64. The van der Waals surface area contributed by atoms with Gasteiger partial charge in [-0.1, -0.05) is 13.8 Å². The molecule has 0 bridgehead atoms. The summed E-state index contributed by atoms with van der Waals surface area (Å²) in [7, 11) is 2.23. The van der Waals surface area contributed by atoms with Crippen molar-refractivity contribution < 1.29 is 0 Å². The van der Waals surface area contributed by atoms with Gasteiger partial charge in [0.2, 0.25) is 0 Å². The first kappa shape index (κ1) is 16.3. The third-order valence-electron chi connectivity index (χ3n) is 3.14. The van der Waals surface area contributed by atoms with E-state index in [0.29, 0.717) is 12.1 Å². The summed E-state index contributed by atoms with van der Waals surface area (Å²) in [5.74, 6) is 2.02. The molecule has 98 valence electrons. The van der Waals surface area contributed by atoms with Gasteiger partial charge >= 0.3 is 0 Å². The fourth-order valence-corrected chi connectivity index (χ4v) is 2.36. The Balaban J connectivity index is 3.66. The predicted octanol–water partition coefficient (Wildman–Crippen LogP) is 2.69. The maximum absolute atomic E-state index is 3.55. The van der Waals surface area contributed by atoms with Crippen molar-refractivity contribution in [2.24, 2.45) is 5.92 Å². The largest absolute Gasteiger partial charge is 0.315 e. The molecule has 0 aliphatic rings. The second-order valence-corrected chi connectivity index (χ2v) is 6.12. The van der Waals surface area contributed by atoms with Gasteiger partial charge in [-0.3, -0.25) is 4.90 Å². The molecule has 0 aromatic rings. The van der Waals surface area contributed by atoms with E-state index in [1.54, 1.807) is 0 Å². The molecule has 0 aliphatic heterocycles. The summed E-state index contributed by atoms with van der Waals surface area (Å²) >= 11 is 1.93. The van der Waals surface area contributed by atoms with Gasteiger partial charge in [-0.05, 0) is 46.0 Å². The summed E-state index contributed by atoms with van der Waals surface area (Å²) in [5.41, 5.74) is 0. The van der Waals surface area contributed by atoms with Crippen molar-refractivity contribution in [2.45, 2.75) is 46.2 Å². The first-order valence-electron chi connectivity index (χ1n) is 6.40. The second-order valence-electron chi connectivity index (χ2n) is 5.21. The van der Waals surface area contributed by atoms with Crippen LogP contribution in [0.25, 0.3) is 0 Å². The van der Waals surface area contributed by atoms with Crippen molar-refractivity contribution in [1.29, 1.82) is 0 Å². The summed E-state index contributed by atoms with van der Waals surface area (Å²) in [6.45, 7) is 11.4. The van der Waals surface area contributed by atoms with Gasteiger partial charge in [0.1, 0.15) is 0 Å². The van der Waals surface area contributed by atoms with Crippen LogP contribution in [-0.2, 0) is 0 Å². The van der Waals surface area contributed by atoms with Crippen molar-refractivity contribution >= 4 is 11.8 Å². The van der Waals surface area contributed by atoms with E-state index in [2.05, 4.69) is 51.2 Å². The molecular weight excluding hydrogens is 216 g/mol. The van der Waals surface area contributed by atoms with Crippen LogP contribution in [0, 0.1) is 5.92 Å². The molecule has 0 spiro atoms. The van der Waals surface area contributed by atoms with E-state index in [0.717, 1.165) is 19.0 Å². The van der Waals surface area contributed by atoms with Gasteiger partial charge in [-0.2, -0.15) is 11.8 Å². The summed E-state index contributed by atoms with van der Waals surface area (Å²) in [6, 6.07) is 1.28. The first-order chi connectivity index (χ1) is 7.49. The van der Waals surface area contributed by atoms with E-state index >= 15 is 0 Å². The van der Waals surface area contributed by atoms with E-state index in [1.165, 1.54) is 12.2 Å². The molecule has 2 atom stereocenters.